The Hall–Kier alpha value is -5.46. The molecule has 0 heteroatoms. The average molecular weight is 648 g/mol. The molecular formula is C50H42. The Bertz CT molecular complexity index is 2770. The van der Waals surface area contributed by atoms with E-state index < -0.39 is 0 Å². The van der Waals surface area contributed by atoms with Crippen LogP contribution in [0.5, 0.6) is 0 Å². The predicted octanol–water partition coefficient (Wildman–Crippen LogP) is 14.2. The van der Waals surface area contributed by atoms with Crippen LogP contribution in [0, 0.1) is 0 Å². The van der Waals surface area contributed by atoms with E-state index in [9.17, 15) is 0 Å². The van der Waals surface area contributed by atoms with Crippen LogP contribution in [0.1, 0.15) is 58.5 Å². The van der Waals surface area contributed by atoms with Gasteiger partial charge < -0.3 is 0 Å². The summed E-state index contributed by atoms with van der Waals surface area (Å²) >= 11 is 0. The van der Waals surface area contributed by atoms with Gasteiger partial charge >= 0.3 is 0 Å². The van der Waals surface area contributed by atoms with E-state index >= 15 is 0 Å². The van der Waals surface area contributed by atoms with Gasteiger partial charge in [-0.2, -0.15) is 0 Å². The first-order chi connectivity index (χ1) is 26.4. The normalized spacial score (nSPS) is 16.4. The van der Waals surface area contributed by atoms with E-state index in [2.05, 4.69) is 119 Å². The van der Waals surface area contributed by atoms with Crippen molar-refractivity contribution in [1.29, 1.82) is 0 Å². The van der Waals surface area contributed by atoms with Gasteiger partial charge in [0.1, 0.15) is 0 Å². The lowest BCUT2D eigenvalue weighted by Crippen LogP contribution is -2.35. The largest absolute Gasteiger partial charge is 0.0629 e. The average Bonchev–Trinajstić information content (AvgIpc) is 3.20. The summed E-state index contributed by atoms with van der Waals surface area (Å²) in [5.74, 6) is 0. The van der Waals surface area contributed by atoms with Gasteiger partial charge in [-0.1, -0.05) is 185 Å². The van der Waals surface area contributed by atoms with Crippen LogP contribution >= 0.6 is 0 Å². The molecule has 50 heavy (non-hydrogen) atoms. The Labute approximate surface area is 303 Å². The van der Waals surface area contributed by atoms with Gasteiger partial charge in [-0.05, 0) is 112 Å². The van der Waals surface area contributed by atoms with Gasteiger partial charge in [-0.15, -0.1) is 0 Å². The monoisotopic (exact) mass is 647 g/mol. The topological polar surface area (TPSA) is 0 Å². The minimum Gasteiger partial charge on any atom is -0.0622 e. The van der Waals surface area contributed by atoms with Crippen molar-refractivity contribution in [2.45, 2.75) is 51.4 Å². The van der Waals surface area contributed by atoms with E-state index in [4.69, 9.17) is 6.85 Å². The van der Waals surface area contributed by atoms with Gasteiger partial charge in [0, 0.05) is 0 Å². The highest BCUT2D eigenvalue weighted by atomic mass is 14.4. The van der Waals surface area contributed by atoms with Crippen LogP contribution in [-0.2, 0) is 10.8 Å². The fourth-order valence-electron chi connectivity index (χ4n) is 8.71. The summed E-state index contributed by atoms with van der Waals surface area (Å²) in [4.78, 5) is 0. The minimum atomic E-state index is -0.388. The van der Waals surface area contributed by atoms with Crippen molar-refractivity contribution in [2.24, 2.45) is 0 Å². The molecule has 1 aliphatic rings. The maximum Gasteiger partial charge on any atom is 0.0629 e. The van der Waals surface area contributed by atoms with Gasteiger partial charge in [-0.3, -0.25) is 0 Å². The molecule has 0 saturated heterocycles. The molecule has 0 amide bonds. The number of hydrogen-bond acceptors (Lipinski definition) is 0. The van der Waals surface area contributed by atoms with Crippen molar-refractivity contribution in [1.82, 2.24) is 0 Å². The molecule has 0 N–H and O–H groups in total. The Kier molecular flexibility index (Phi) is 5.90. The second-order valence-electron chi connectivity index (χ2n) is 15.1. The zero-order valence-electron chi connectivity index (χ0n) is 34.0. The van der Waals surface area contributed by atoms with E-state index in [-0.39, 0.29) is 46.6 Å². The van der Waals surface area contributed by atoms with Crippen LogP contribution in [0.4, 0.5) is 0 Å². The molecule has 0 heterocycles. The van der Waals surface area contributed by atoms with Crippen LogP contribution in [0.2, 0.25) is 0 Å². The molecule has 0 aliphatic heterocycles. The Balaban J connectivity index is 1.25. The van der Waals surface area contributed by atoms with E-state index in [1.54, 1.807) is 0 Å². The molecule has 0 saturated carbocycles. The van der Waals surface area contributed by atoms with Crippen LogP contribution in [-0.4, -0.2) is 0 Å². The molecule has 0 radical (unpaired) electrons. The molecule has 8 aromatic carbocycles. The second-order valence-corrected chi connectivity index (χ2v) is 15.1. The van der Waals surface area contributed by atoms with Crippen molar-refractivity contribution < 1.29 is 6.85 Å². The molecule has 0 bridgehead atoms. The van der Waals surface area contributed by atoms with Crippen molar-refractivity contribution in [3.8, 4) is 44.5 Å². The van der Waals surface area contributed by atoms with Gasteiger partial charge in [0.05, 0.1) is 6.85 Å². The van der Waals surface area contributed by atoms with Crippen LogP contribution in [0.3, 0.4) is 0 Å². The fraction of sp³-hybridized carbons (Fsp3) is 0.160. The smallest absolute Gasteiger partial charge is 0.0622 e. The second kappa shape index (κ2) is 11.6. The van der Waals surface area contributed by atoms with Gasteiger partial charge in [-0.25, -0.2) is 0 Å². The zero-order valence-corrected chi connectivity index (χ0v) is 29.0. The van der Waals surface area contributed by atoms with Gasteiger partial charge in [0.2, 0.25) is 0 Å². The Morgan fingerprint density at radius 2 is 0.860 bits per heavy atom. The molecule has 0 fully saturated rings. The molecule has 8 aromatic rings. The minimum absolute atomic E-state index is 0.00701. The van der Waals surface area contributed by atoms with E-state index in [0.717, 1.165) is 45.5 Å². The maximum atomic E-state index is 8.89. The first-order valence-corrected chi connectivity index (χ1v) is 17.7. The predicted molar refractivity (Wildman–Crippen MR) is 216 cm³/mol. The first-order valence-electron chi connectivity index (χ1n) is 20.2. The summed E-state index contributed by atoms with van der Waals surface area (Å²) in [6.45, 7) is 9.63. The fourth-order valence-corrected chi connectivity index (χ4v) is 8.71. The summed E-state index contributed by atoms with van der Waals surface area (Å²) in [6, 6.07) is 43.7. The standard InChI is InChI=1S/C50H42/c1-49(2)31-32-50(3,4)48-44(39-24-14-18-33-15-8-9-19-37(33)39)30-29-38(47(48)49)34-25-27-36(28-26-34)46-42-22-12-10-20-40(42)45(35-16-6-5-7-17-35)41-21-11-13-23-43(41)46/h5-30H,31-32H2,1-4H3/i5D,6D,7D,16D,17D. The van der Waals surface area contributed by atoms with E-state index in [1.165, 1.54) is 44.2 Å². The van der Waals surface area contributed by atoms with Crippen molar-refractivity contribution in [3.63, 3.8) is 0 Å². The molecular weight excluding hydrogens is 601 g/mol. The SMILES string of the molecule is [2H]c1c([2H])c([2H])c(-c2c3ccccc3c(-c3ccc(-c4ccc(-c5cccc6ccccc56)c5c4C(C)(C)CCC5(C)C)cc3)c3ccccc23)c([2H])c1[2H]. The lowest BCUT2D eigenvalue weighted by Gasteiger charge is -2.44. The molecule has 1 aliphatic carbocycles. The molecule has 0 nitrogen and oxygen atoms in total. The van der Waals surface area contributed by atoms with Gasteiger partial charge in [0.25, 0.3) is 0 Å². The number of hydrogen-bond donors (Lipinski definition) is 0. The summed E-state index contributed by atoms with van der Waals surface area (Å²) in [5, 5.41) is 6.16. The highest BCUT2D eigenvalue weighted by molar-refractivity contribution is 6.21. The quantitative estimate of drug-likeness (QED) is 0.167. The lowest BCUT2D eigenvalue weighted by atomic mass is 9.60. The summed E-state index contributed by atoms with van der Waals surface area (Å²) in [6.07, 6.45) is 2.22. The molecule has 242 valence electrons. The third-order valence-electron chi connectivity index (χ3n) is 11.2. The number of fused-ring (bicyclic) bond motifs is 4. The number of rotatable bonds is 4. The van der Waals surface area contributed by atoms with Crippen LogP contribution in [0.15, 0.2) is 158 Å². The lowest BCUT2D eigenvalue weighted by molar-refractivity contribution is 0.333. The molecule has 0 atom stereocenters. The third-order valence-corrected chi connectivity index (χ3v) is 11.2. The Morgan fingerprint density at radius 3 is 1.46 bits per heavy atom. The van der Waals surface area contributed by atoms with Crippen LogP contribution in [0.25, 0.3) is 76.8 Å². The number of benzene rings is 8. The summed E-state index contributed by atoms with van der Waals surface area (Å²) < 4.78 is 42.9. The Morgan fingerprint density at radius 1 is 0.400 bits per heavy atom. The highest BCUT2D eigenvalue weighted by Crippen LogP contribution is 2.53. The maximum absolute atomic E-state index is 8.89. The molecule has 0 unspecified atom stereocenters. The molecule has 0 aromatic heterocycles. The van der Waals surface area contributed by atoms with Crippen LogP contribution < -0.4 is 0 Å². The summed E-state index contributed by atoms with van der Waals surface area (Å²) in [5.41, 5.74) is 10.9. The van der Waals surface area contributed by atoms with E-state index in [1.807, 2.05) is 36.4 Å². The van der Waals surface area contributed by atoms with Gasteiger partial charge in [0.15, 0.2) is 0 Å². The van der Waals surface area contributed by atoms with Crippen molar-refractivity contribution in [2.75, 3.05) is 0 Å². The van der Waals surface area contributed by atoms with E-state index in [0.29, 0.717) is 5.56 Å². The van der Waals surface area contributed by atoms with Crippen molar-refractivity contribution >= 4 is 32.3 Å². The summed E-state index contributed by atoms with van der Waals surface area (Å²) in [7, 11) is 0. The highest BCUT2D eigenvalue weighted by Gasteiger charge is 2.40. The zero-order chi connectivity index (χ0) is 38.4. The third kappa shape index (κ3) is 4.81. The molecule has 0 spiro atoms. The van der Waals surface area contributed by atoms with Crippen molar-refractivity contribution in [3.05, 3.63) is 169 Å². The first kappa shape index (κ1) is 25.5. The molecule has 9 rings (SSSR count).